The van der Waals surface area contributed by atoms with Crippen LogP contribution in [0.5, 0.6) is 11.5 Å². The predicted molar refractivity (Wildman–Crippen MR) is 143 cm³/mol. The van der Waals surface area contributed by atoms with E-state index in [2.05, 4.69) is 15.5 Å². The second-order valence-corrected chi connectivity index (χ2v) is 8.43. The van der Waals surface area contributed by atoms with Crippen LogP contribution in [-0.4, -0.2) is 45.7 Å². The zero-order valence-corrected chi connectivity index (χ0v) is 21.5. The highest BCUT2D eigenvalue weighted by atomic mass is 16.5. The van der Waals surface area contributed by atoms with Crippen LogP contribution in [0, 0.1) is 0 Å². The van der Waals surface area contributed by atoms with Gasteiger partial charge in [-0.3, -0.25) is 14.4 Å². The maximum atomic E-state index is 12.8. The van der Waals surface area contributed by atoms with E-state index in [1.807, 2.05) is 55.5 Å². The number of ether oxygens (including phenoxy) is 2. The third-order valence-electron chi connectivity index (χ3n) is 5.91. The summed E-state index contributed by atoms with van der Waals surface area (Å²) < 4.78 is 13.1. The van der Waals surface area contributed by atoms with E-state index in [9.17, 15) is 14.4 Å². The van der Waals surface area contributed by atoms with Crippen molar-refractivity contribution < 1.29 is 14.3 Å². The van der Waals surface area contributed by atoms with E-state index in [1.54, 1.807) is 26.2 Å². The van der Waals surface area contributed by atoms with Crippen LogP contribution >= 0.6 is 0 Å². The maximum absolute atomic E-state index is 12.8. The van der Waals surface area contributed by atoms with E-state index in [1.165, 1.54) is 16.8 Å². The lowest BCUT2D eigenvalue weighted by Crippen LogP contribution is -2.39. The molecule has 4 aromatic rings. The van der Waals surface area contributed by atoms with Crippen molar-refractivity contribution in [3.8, 4) is 34.0 Å². The number of methoxy groups -OCH3 is 1. The predicted octanol–water partition coefficient (Wildman–Crippen LogP) is 2.92. The van der Waals surface area contributed by atoms with Crippen LogP contribution in [0.2, 0.25) is 0 Å². The highest BCUT2D eigenvalue weighted by molar-refractivity contribution is 5.79. The van der Waals surface area contributed by atoms with Crippen molar-refractivity contribution in [2.24, 2.45) is 0 Å². The van der Waals surface area contributed by atoms with Gasteiger partial charge < -0.3 is 14.8 Å². The molecule has 1 amide bonds. The first-order valence-electron chi connectivity index (χ1n) is 12.2. The van der Waals surface area contributed by atoms with Crippen molar-refractivity contribution in [3.63, 3.8) is 0 Å². The molecule has 2 aromatic heterocycles. The van der Waals surface area contributed by atoms with E-state index < -0.39 is 17.5 Å². The van der Waals surface area contributed by atoms with Crippen LogP contribution in [0.4, 0.5) is 0 Å². The molecule has 2 aromatic carbocycles. The second kappa shape index (κ2) is 12.0. The van der Waals surface area contributed by atoms with Gasteiger partial charge in [0.15, 0.2) is 0 Å². The Kier molecular flexibility index (Phi) is 8.32. The number of carbonyl (C=O) groups excluding carboxylic acids is 1. The maximum Gasteiger partial charge on any atom is 0.267 e. The molecule has 1 N–H and O–H groups in total. The lowest BCUT2D eigenvalue weighted by atomic mass is 10.1. The van der Waals surface area contributed by atoms with Gasteiger partial charge in [-0.05, 0) is 74.5 Å². The molecule has 1 atom stereocenters. The molecule has 0 fully saturated rings. The highest BCUT2D eigenvalue weighted by Crippen LogP contribution is 2.21. The van der Waals surface area contributed by atoms with Gasteiger partial charge in [-0.2, -0.15) is 10.2 Å². The van der Waals surface area contributed by atoms with Gasteiger partial charge in [0.05, 0.1) is 31.6 Å². The summed E-state index contributed by atoms with van der Waals surface area (Å²) in [5, 5.41) is 11.6. The monoisotopic (exact) mass is 515 g/mol. The van der Waals surface area contributed by atoms with E-state index in [-0.39, 0.29) is 18.6 Å². The van der Waals surface area contributed by atoms with Gasteiger partial charge >= 0.3 is 0 Å². The van der Waals surface area contributed by atoms with Crippen molar-refractivity contribution in [3.05, 3.63) is 93.5 Å². The van der Waals surface area contributed by atoms with Gasteiger partial charge in [-0.15, -0.1) is 0 Å². The molecule has 196 valence electrons. The molecule has 10 nitrogen and oxygen atoms in total. The molecule has 1 unspecified atom stereocenters. The first-order valence-corrected chi connectivity index (χ1v) is 12.2. The van der Waals surface area contributed by atoms with E-state index in [0.29, 0.717) is 18.0 Å². The normalized spacial score (nSPS) is 11.6. The first kappa shape index (κ1) is 26.3. The number of aromatic nitrogens is 4. The summed E-state index contributed by atoms with van der Waals surface area (Å²) in [4.78, 5) is 37.6. The molecule has 0 saturated heterocycles. The van der Waals surface area contributed by atoms with Crippen LogP contribution in [0.3, 0.4) is 0 Å². The fraction of sp³-hybridized carbons (Fsp3) is 0.250. The molecule has 0 bridgehead atoms. The van der Waals surface area contributed by atoms with Gasteiger partial charge in [0.1, 0.15) is 17.5 Å². The Morgan fingerprint density at radius 2 is 1.42 bits per heavy atom. The van der Waals surface area contributed by atoms with Crippen LogP contribution in [0.15, 0.2) is 82.4 Å². The Labute approximate surface area is 219 Å². The Balaban J connectivity index is 1.42. The van der Waals surface area contributed by atoms with Gasteiger partial charge in [0.25, 0.3) is 11.1 Å². The molecule has 10 heteroatoms. The van der Waals surface area contributed by atoms with E-state index in [0.717, 1.165) is 27.3 Å². The van der Waals surface area contributed by atoms with Gasteiger partial charge in [-0.1, -0.05) is 0 Å². The number of nitrogens with one attached hydrogen (secondary N) is 1. The minimum atomic E-state index is -0.861. The summed E-state index contributed by atoms with van der Waals surface area (Å²) in [5.74, 6) is 1.06. The molecular weight excluding hydrogens is 486 g/mol. The average Bonchev–Trinajstić information content (AvgIpc) is 2.94. The Bertz CT molecular complexity index is 1510. The summed E-state index contributed by atoms with van der Waals surface area (Å²) in [6.07, 6.45) is 0. The van der Waals surface area contributed by atoms with E-state index in [4.69, 9.17) is 9.47 Å². The fourth-order valence-corrected chi connectivity index (χ4v) is 3.81. The third kappa shape index (κ3) is 6.15. The molecule has 0 radical (unpaired) electrons. The smallest absolute Gasteiger partial charge is 0.267 e. The van der Waals surface area contributed by atoms with E-state index >= 15 is 0 Å². The molecule has 0 saturated carbocycles. The van der Waals surface area contributed by atoms with Crippen LogP contribution in [0.25, 0.3) is 22.5 Å². The third-order valence-corrected chi connectivity index (χ3v) is 5.91. The first-order chi connectivity index (χ1) is 18.4. The zero-order chi connectivity index (χ0) is 27.1. The van der Waals surface area contributed by atoms with Crippen molar-refractivity contribution in [1.29, 1.82) is 0 Å². The zero-order valence-electron chi connectivity index (χ0n) is 21.5. The summed E-state index contributed by atoms with van der Waals surface area (Å²) >= 11 is 0. The topological polar surface area (TPSA) is 117 Å². The molecule has 0 aliphatic rings. The number of benzene rings is 2. The minimum absolute atomic E-state index is 0.148. The summed E-state index contributed by atoms with van der Waals surface area (Å²) in [5.41, 5.74) is 2.11. The quantitative estimate of drug-likeness (QED) is 0.345. The number of carbonyl (C=O) groups is 1. The highest BCUT2D eigenvalue weighted by Gasteiger charge is 2.18. The van der Waals surface area contributed by atoms with Crippen LogP contribution in [0.1, 0.15) is 19.9 Å². The minimum Gasteiger partial charge on any atom is -0.497 e. The molecule has 4 rings (SSSR count). The summed E-state index contributed by atoms with van der Waals surface area (Å²) in [7, 11) is 1.59. The van der Waals surface area contributed by atoms with Gasteiger partial charge in [-0.25, -0.2) is 9.36 Å². The van der Waals surface area contributed by atoms with Crippen LogP contribution in [-0.2, 0) is 11.3 Å². The number of amides is 1. The molecular formula is C28H29N5O5. The molecule has 2 heterocycles. The molecule has 38 heavy (non-hydrogen) atoms. The number of nitrogens with zero attached hydrogens (tertiary/aromatic N) is 4. The van der Waals surface area contributed by atoms with Crippen LogP contribution < -0.4 is 25.9 Å². The molecule has 0 aliphatic carbocycles. The Morgan fingerprint density at radius 1 is 0.842 bits per heavy atom. The fourth-order valence-electron chi connectivity index (χ4n) is 3.81. The Morgan fingerprint density at radius 3 is 2.03 bits per heavy atom. The van der Waals surface area contributed by atoms with Crippen molar-refractivity contribution in [2.45, 2.75) is 26.4 Å². The van der Waals surface area contributed by atoms with Gasteiger partial charge in [0, 0.05) is 29.8 Å². The number of rotatable bonds is 10. The van der Waals surface area contributed by atoms with Crippen molar-refractivity contribution in [1.82, 2.24) is 24.9 Å². The average molecular weight is 516 g/mol. The molecule has 0 aliphatic heterocycles. The summed E-state index contributed by atoms with van der Waals surface area (Å²) in [6, 6.07) is 19.9. The number of hydrogen-bond donors (Lipinski definition) is 1. The molecule has 0 spiro atoms. The lowest BCUT2D eigenvalue weighted by Gasteiger charge is -2.15. The second-order valence-electron chi connectivity index (χ2n) is 8.43. The Hall–Kier alpha value is -4.73. The largest absolute Gasteiger partial charge is 0.497 e. The van der Waals surface area contributed by atoms with Crippen molar-refractivity contribution in [2.75, 3.05) is 20.3 Å². The number of hydrogen-bond acceptors (Lipinski definition) is 7. The van der Waals surface area contributed by atoms with Crippen molar-refractivity contribution >= 4 is 5.91 Å². The summed E-state index contributed by atoms with van der Waals surface area (Å²) in [6.45, 7) is 4.38. The lowest BCUT2D eigenvalue weighted by molar-refractivity contribution is -0.124. The standard InChI is InChI=1S/C28H29N5O5/c1-4-38-23-11-7-21(8-12-23)25-14-16-27(35)33(31-25)19(2)28(36)29-17-18-32-26(34)15-13-24(30-32)20-5-9-22(37-3)10-6-20/h5-16,19H,4,17-18H2,1-3H3,(H,29,36). The SMILES string of the molecule is CCOc1ccc(-c2ccc(=O)n(C(C)C(=O)NCCn3nc(-c4ccc(OC)cc4)ccc3=O)n2)cc1. The van der Waals surface area contributed by atoms with Gasteiger partial charge in [0.2, 0.25) is 5.91 Å².